The van der Waals surface area contributed by atoms with Crippen molar-refractivity contribution < 1.29 is 24.3 Å². The second kappa shape index (κ2) is 17.2. The maximum atomic E-state index is 12.9. The van der Waals surface area contributed by atoms with Crippen molar-refractivity contribution in [1.29, 1.82) is 0 Å². The molecule has 15 nitrogen and oxygen atoms in total. The third-order valence-electron chi connectivity index (χ3n) is 9.66. The summed E-state index contributed by atoms with van der Waals surface area (Å²) in [5, 5.41) is 26.1. The zero-order valence-electron chi connectivity index (χ0n) is 31.9. The number of carbonyl (C=O) groups is 4. The van der Waals surface area contributed by atoms with Crippen LogP contribution in [-0.4, -0.2) is 98.7 Å². The second-order valence-corrected chi connectivity index (χ2v) is 14.6. The van der Waals surface area contributed by atoms with Crippen molar-refractivity contribution in [2.24, 2.45) is 0 Å². The number of nitrogens with two attached hydrogens (primary N) is 1. The van der Waals surface area contributed by atoms with Gasteiger partial charge in [0.15, 0.2) is 0 Å². The predicted molar refractivity (Wildman–Crippen MR) is 216 cm³/mol. The van der Waals surface area contributed by atoms with E-state index in [1.165, 1.54) is 4.90 Å². The number of urea groups is 1. The van der Waals surface area contributed by atoms with Crippen LogP contribution in [0.3, 0.4) is 0 Å². The minimum atomic E-state index is -1.09. The largest absolute Gasteiger partial charge is 0.465 e. The molecular formula is C41H48N10O5. The van der Waals surface area contributed by atoms with Gasteiger partial charge in [-0.05, 0) is 51.3 Å². The highest BCUT2D eigenvalue weighted by molar-refractivity contribution is 5.96. The number of carboxylic acid groups (broad SMARTS) is 1. The normalized spacial score (nSPS) is 14.1. The Morgan fingerprint density at radius 3 is 1.75 bits per heavy atom. The summed E-state index contributed by atoms with van der Waals surface area (Å²) in [7, 11) is 0. The van der Waals surface area contributed by atoms with Gasteiger partial charge >= 0.3 is 12.1 Å². The van der Waals surface area contributed by atoms with Crippen LogP contribution >= 0.6 is 0 Å². The van der Waals surface area contributed by atoms with Crippen LogP contribution in [0.1, 0.15) is 39.2 Å². The lowest BCUT2D eigenvalue weighted by Crippen LogP contribution is -2.52. The molecule has 5 amide bonds. The molecule has 0 saturated carbocycles. The number of nitrogens with zero attached hydrogens (tertiary/aromatic N) is 7. The third-order valence-corrected chi connectivity index (χ3v) is 9.66. The zero-order valence-corrected chi connectivity index (χ0v) is 31.9. The highest BCUT2D eigenvalue weighted by Gasteiger charge is 2.34. The first kappa shape index (κ1) is 39.1. The van der Waals surface area contributed by atoms with E-state index < -0.39 is 17.7 Å². The van der Waals surface area contributed by atoms with E-state index in [0.29, 0.717) is 31.9 Å². The van der Waals surface area contributed by atoms with Gasteiger partial charge in [0.25, 0.3) is 11.8 Å². The molecule has 0 atom stereocenters. The fraction of sp³-hybridized carbons (Fsp3) is 0.317. The van der Waals surface area contributed by atoms with E-state index in [9.17, 15) is 24.3 Å². The maximum Gasteiger partial charge on any atom is 0.408 e. The summed E-state index contributed by atoms with van der Waals surface area (Å²) < 4.78 is 0. The fourth-order valence-corrected chi connectivity index (χ4v) is 6.79. The summed E-state index contributed by atoms with van der Waals surface area (Å²) in [5.41, 5.74) is 8.38. The van der Waals surface area contributed by atoms with E-state index in [2.05, 4.69) is 20.6 Å². The molecule has 56 heavy (non-hydrogen) atoms. The van der Waals surface area contributed by atoms with Crippen LogP contribution in [0.25, 0.3) is 21.5 Å². The molecule has 2 saturated heterocycles. The monoisotopic (exact) mass is 760 g/mol. The van der Waals surface area contributed by atoms with Crippen molar-refractivity contribution in [3.05, 3.63) is 103 Å². The predicted octanol–water partition coefficient (Wildman–Crippen LogP) is 5.24. The smallest absolute Gasteiger partial charge is 0.408 e. The number of hydrazine groups is 2. The number of nitrogen functional groups attached to an aromatic ring is 1. The molecule has 0 unspecified atom stereocenters. The maximum absolute atomic E-state index is 12.9. The molecule has 0 spiro atoms. The number of anilines is 3. The fourth-order valence-electron chi connectivity index (χ4n) is 6.79. The summed E-state index contributed by atoms with van der Waals surface area (Å²) in [6.45, 7) is 8.05. The average molecular weight is 761 g/mol. The topological polar surface area (TPSA) is 181 Å². The molecule has 0 aliphatic carbocycles. The number of carbonyl (C=O) groups excluding carboxylic acids is 3. The molecule has 2 fully saturated rings. The lowest BCUT2D eigenvalue weighted by atomic mass is 10.1. The number of hydrogen-bond acceptors (Lipinski definition) is 9. The van der Waals surface area contributed by atoms with Crippen molar-refractivity contribution in [3.8, 4) is 0 Å². The number of fused-ring (bicyclic) bond motifs is 2. The summed E-state index contributed by atoms with van der Waals surface area (Å²) in [4.78, 5) is 59.1. The molecule has 15 heteroatoms. The lowest BCUT2D eigenvalue weighted by Gasteiger charge is -2.36. The Balaban J connectivity index is 0.000000192. The number of amides is 5. The SMILES string of the molecule is CC(C)(C)N(CC(=O)N1CCCN1c1cncc2ccccc12)C(=O)O.Nc1ccc(CNC(=O)NCC(=O)N2CCCN2c2cncc3ccccc23)cc1. The summed E-state index contributed by atoms with van der Waals surface area (Å²) in [6, 6.07) is 22.7. The molecule has 2 aliphatic heterocycles. The Hall–Kier alpha value is -6.64. The molecule has 3 aromatic carbocycles. The summed E-state index contributed by atoms with van der Waals surface area (Å²) in [5.74, 6) is -0.393. The molecule has 2 aromatic heterocycles. The number of pyridine rings is 2. The first-order valence-corrected chi connectivity index (χ1v) is 18.6. The quantitative estimate of drug-likeness (QED) is 0.153. The van der Waals surface area contributed by atoms with Crippen molar-refractivity contribution in [1.82, 2.24) is 35.5 Å². The standard InChI is InChI=1S/C22H24N6O2.C19H24N4O3/c23-18-8-6-16(7-9-18)12-25-22(30)26-15-21(29)28-11-3-10-27(28)20-14-24-13-17-4-1-2-5-19(17)20;1-19(2,3)21(18(25)26)13-17(24)23-10-6-9-22(23)16-12-20-11-14-7-4-5-8-15(14)16/h1-2,4-9,13-14H,3,10-12,15,23H2,(H2,25,26,30);4-5,7-8,11-12H,6,9-10,13H2,1-3H3,(H,25,26). The molecule has 0 radical (unpaired) electrons. The Kier molecular flexibility index (Phi) is 12.0. The van der Waals surface area contributed by atoms with Gasteiger partial charge in [-0.1, -0.05) is 60.7 Å². The Morgan fingerprint density at radius 1 is 0.714 bits per heavy atom. The van der Waals surface area contributed by atoms with Gasteiger partial charge in [-0.25, -0.2) is 9.59 Å². The number of benzene rings is 3. The summed E-state index contributed by atoms with van der Waals surface area (Å²) in [6.07, 6.45) is 7.74. The third kappa shape index (κ3) is 9.17. The van der Waals surface area contributed by atoms with E-state index in [-0.39, 0.29) is 24.9 Å². The molecule has 2 aliphatic rings. The molecule has 292 valence electrons. The van der Waals surface area contributed by atoms with Gasteiger partial charge in [0, 0.05) is 77.9 Å². The Labute approximate surface area is 325 Å². The van der Waals surface area contributed by atoms with Crippen LogP contribution in [-0.2, 0) is 16.1 Å². The summed E-state index contributed by atoms with van der Waals surface area (Å²) >= 11 is 0. The van der Waals surface area contributed by atoms with Gasteiger partial charge in [0.1, 0.15) is 13.1 Å². The zero-order chi connectivity index (χ0) is 39.8. The van der Waals surface area contributed by atoms with Crippen molar-refractivity contribution in [2.75, 3.05) is 55.0 Å². The van der Waals surface area contributed by atoms with Crippen LogP contribution in [0.2, 0.25) is 0 Å². The number of nitrogens with one attached hydrogen (secondary N) is 2. The van der Waals surface area contributed by atoms with Crippen LogP contribution in [0.5, 0.6) is 0 Å². The van der Waals surface area contributed by atoms with E-state index >= 15 is 0 Å². The van der Waals surface area contributed by atoms with Gasteiger partial charge in [0.2, 0.25) is 0 Å². The molecule has 5 N–H and O–H groups in total. The Morgan fingerprint density at radius 2 is 1.23 bits per heavy atom. The first-order valence-electron chi connectivity index (χ1n) is 18.6. The van der Waals surface area contributed by atoms with Gasteiger partial charge < -0.3 is 21.5 Å². The lowest BCUT2D eigenvalue weighted by molar-refractivity contribution is -0.132. The van der Waals surface area contributed by atoms with E-state index in [1.807, 2.05) is 76.9 Å². The molecule has 7 rings (SSSR count). The molecule has 0 bridgehead atoms. The van der Waals surface area contributed by atoms with Gasteiger partial charge in [-0.15, -0.1) is 0 Å². The van der Waals surface area contributed by atoms with Crippen LogP contribution in [0.15, 0.2) is 97.6 Å². The van der Waals surface area contributed by atoms with Crippen molar-refractivity contribution >= 4 is 62.5 Å². The van der Waals surface area contributed by atoms with Crippen molar-refractivity contribution in [2.45, 2.75) is 45.7 Å². The van der Waals surface area contributed by atoms with Gasteiger partial charge in [0.05, 0.1) is 23.8 Å². The number of hydrogen-bond donors (Lipinski definition) is 4. The van der Waals surface area contributed by atoms with E-state index in [1.54, 1.807) is 61.5 Å². The highest BCUT2D eigenvalue weighted by atomic mass is 16.4. The first-order chi connectivity index (χ1) is 26.9. The Bertz CT molecular complexity index is 2180. The highest BCUT2D eigenvalue weighted by Crippen LogP contribution is 2.31. The number of aromatic nitrogens is 2. The van der Waals surface area contributed by atoms with Crippen LogP contribution < -0.4 is 26.4 Å². The molecular weight excluding hydrogens is 713 g/mol. The van der Waals surface area contributed by atoms with E-state index in [0.717, 1.165) is 57.9 Å². The van der Waals surface area contributed by atoms with Crippen molar-refractivity contribution in [3.63, 3.8) is 0 Å². The minimum Gasteiger partial charge on any atom is -0.465 e. The second-order valence-electron chi connectivity index (χ2n) is 14.6. The molecule has 5 aromatic rings. The molecule has 4 heterocycles. The van der Waals surface area contributed by atoms with E-state index in [4.69, 9.17) is 5.73 Å². The van der Waals surface area contributed by atoms with Gasteiger partial charge in [-0.2, -0.15) is 0 Å². The minimum absolute atomic E-state index is 0.0811. The average Bonchev–Trinajstić information content (AvgIpc) is 3.89. The van der Waals surface area contributed by atoms with Crippen LogP contribution in [0.4, 0.5) is 26.7 Å². The van der Waals surface area contributed by atoms with Crippen LogP contribution in [0, 0.1) is 0 Å². The number of rotatable bonds is 8. The van der Waals surface area contributed by atoms with Gasteiger partial charge in [-0.3, -0.25) is 44.5 Å².